The van der Waals surface area contributed by atoms with Crippen molar-refractivity contribution >= 4 is 40.9 Å². The molecule has 2 aromatic carbocycles. The third-order valence-electron chi connectivity index (χ3n) is 5.24. The van der Waals surface area contributed by atoms with Crippen LogP contribution in [-0.2, 0) is 25.5 Å². The molecule has 0 aromatic heterocycles. The first-order chi connectivity index (χ1) is 14.0. The summed E-state index contributed by atoms with van der Waals surface area (Å²) in [4.78, 5) is 41.6. The summed E-state index contributed by atoms with van der Waals surface area (Å²) in [5.41, 5.74) is 2.71. The molecule has 7 heteroatoms. The summed E-state index contributed by atoms with van der Waals surface area (Å²) >= 11 is 1.45. The third-order valence-corrected chi connectivity index (χ3v) is 6.29. The molecule has 0 fully saturated rings. The minimum atomic E-state index is -0.591. The lowest BCUT2D eigenvalue weighted by Crippen LogP contribution is -2.45. The molecule has 0 saturated heterocycles. The number of hydrogen-bond acceptors (Lipinski definition) is 5. The van der Waals surface area contributed by atoms with E-state index in [1.807, 2.05) is 55.5 Å². The molecule has 29 heavy (non-hydrogen) atoms. The van der Waals surface area contributed by atoms with E-state index in [2.05, 4.69) is 0 Å². The smallest absolute Gasteiger partial charge is 0.326 e. The predicted octanol–water partition coefficient (Wildman–Crippen LogP) is 3.04. The Kier molecular flexibility index (Phi) is 5.58. The first-order valence-electron chi connectivity index (χ1n) is 9.62. The highest BCUT2D eigenvalue weighted by Crippen LogP contribution is 2.35. The van der Waals surface area contributed by atoms with E-state index in [9.17, 15) is 14.4 Å². The molecule has 0 saturated carbocycles. The molecule has 150 valence electrons. The lowest BCUT2D eigenvalue weighted by Gasteiger charge is -2.35. The van der Waals surface area contributed by atoms with Crippen molar-refractivity contribution in [3.05, 3.63) is 54.1 Å². The number of nitrogens with zero attached hydrogens (tertiary/aromatic N) is 2. The van der Waals surface area contributed by atoms with E-state index in [0.717, 1.165) is 29.0 Å². The van der Waals surface area contributed by atoms with E-state index < -0.39 is 5.97 Å². The van der Waals surface area contributed by atoms with Crippen molar-refractivity contribution < 1.29 is 19.1 Å². The minimum absolute atomic E-state index is 0.0451. The number of anilines is 2. The largest absolute Gasteiger partial charge is 0.454 e. The second-order valence-electron chi connectivity index (χ2n) is 7.18. The van der Waals surface area contributed by atoms with Gasteiger partial charge in [0.15, 0.2) is 6.61 Å². The molecular weight excluding hydrogens is 388 g/mol. The molecule has 0 aliphatic carbocycles. The number of rotatable bonds is 4. The Balaban J connectivity index is 1.40. The van der Waals surface area contributed by atoms with Crippen LogP contribution in [0.2, 0.25) is 0 Å². The zero-order valence-electron chi connectivity index (χ0n) is 16.2. The number of hydrogen-bond donors (Lipinski definition) is 0. The summed E-state index contributed by atoms with van der Waals surface area (Å²) in [5, 5.41) is 0. The van der Waals surface area contributed by atoms with Gasteiger partial charge in [-0.15, -0.1) is 11.8 Å². The lowest BCUT2D eigenvalue weighted by molar-refractivity contribution is -0.147. The van der Waals surface area contributed by atoms with Crippen LogP contribution >= 0.6 is 11.8 Å². The van der Waals surface area contributed by atoms with Crippen molar-refractivity contribution in [1.29, 1.82) is 0 Å². The molecule has 6 nitrogen and oxygen atoms in total. The van der Waals surface area contributed by atoms with Crippen LogP contribution < -0.4 is 9.80 Å². The molecule has 0 spiro atoms. The van der Waals surface area contributed by atoms with Gasteiger partial charge >= 0.3 is 5.97 Å². The first-order valence-corrected chi connectivity index (χ1v) is 10.6. The zero-order chi connectivity index (χ0) is 20.4. The molecule has 1 unspecified atom stereocenters. The van der Waals surface area contributed by atoms with Crippen molar-refractivity contribution in [2.45, 2.75) is 30.7 Å². The minimum Gasteiger partial charge on any atom is -0.454 e. The van der Waals surface area contributed by atoms with Crippen LogP contribution in [0.15, 0.2) is 53.4 Å². The van der Waals surface area contributed by atoms with Gasteiger partial charge in [0.1, 0.15) is 6.54 Å². The average Bonchev–Trinajstić information content (AvgIpc) is 2.74. The number of ether oxygens (including phenoxy) is 1. The Hall–Kier alpha value is -2.80. The third kappa shape index (κ3) is 4.00. The molecule has 0 N–H and O–H groups in total. The van der Waals surface area contributed by atoms with E-state index in [1.165, 1.54) is 16.7 Å². The maximum absolute atomic E-state index is 12.8. The van der Waals surface area contributed by atoms with Crippen LogP contribution in [0.4, 0.5) is 11.4 Å². The Bertz CT molecular complexity index is 961. The van der Waals surface area contributed by atoms with Crippen molar-refractivity contribution in [3.8, 4) is 0 Å². The highest BCUT2D eigenvalue weighted by Gasteiger charge is 2.30. The molecule has 4 rings (SSSR count). The summed E-state index contributed by atoms with van der Waals surface area (Å²) in [6.45, 7) is 1.46. The molecule has 0 radical (unpaired) electrons. The van der Waals surface area contributed by atoms with Crippen LogP contribution in [-0.4, -0.2) is 42.7 Å². The summed E-state index contributed by atoms with van der Waals surface area (Å²) < 4.78 is 5.26. The van der Waals surface area contributed by atoms with E-state index in [0.29, 0.717) is 5.69 Å². The maximum Gasteiger partial charge on any atom is 0.326 e. The summed E-state index contributed by atoms with van der Waals surface area (Å²) in [6.07, 6.45) is 1.79. The number of amides is 2. The monoisotopic (exact) mass is 410 g/mol. The molecule has 0 bridgehead atoms. The molecule has 2 aliphatic heterocycles. The quantitative estimate of drug-likeness (QED) is 0.725. The lowest BCUT2D eigenvalue weighted by atomic mass is 9.96. The van der Waals surface area contributed by atoms with Crippen LogP contribution in [0.5, 0.6) is 0 Å². The maximum atomic E-state index is 12.8. The Morgan fingerprint density at radius 2 is 1.83 bits per heavy atom. The summed E-state index contributed by atoms with van der Waals surface area (Å²) in [7, 11) is 0. The van der Waals surface area contributed by atoms with Gasteiger partial charge in [0, 0.05) is 16.6 Å². The predicted molar refractivity (Wildman–Crippen MR) is 112 cm³/mol. The topological polar surface area (TPSA) is 66.9 Å². The van der Waals surface area contributed by atoms with Crippen LogP contribution in [0.3, 0.4) is 0 Å². The summed E-state index contributed by atoms with van der Waals surface area (Å²) in [6, 6.07) is 15.3. The second kappa shape index (κ2) is 8.29. The van der Waals surface area contributed by atoms with Gasteiger partial charge in [-0.2, -0.15) is 0 Å². The standard InChI is InChI=1S/C22H22N2O4S/c1-15-10-11-16-6-2-3-7-17(16)24(15)20(25)13-28-22(27)12-23-18-8-4-5-9-19(18)29-14-21(23)26/h2-9,15H,10-14H2,1H3. The molecule has 2 aliphatic rings. The number of thioether (sulfide) groups is 1. The first kappa shape index (κ1) is 19.5. The van der Waals surface area contributed by atoms with E-state index in [1.54, 1.807) is 4.90 Å². The van der Waals surface area contributed by atoms with Crippen molar-refractivity contribution in [2.24, 2.45) is 0 Å². The normalized spacial score (nSPS) is 18.1. The van der Waals surface area contributed by atoms with Gasteiger partial charge < -0.3 is 9.64 Å². The number of fused-ring (bicyclic) bond motifs is 2. The van der Waals surface area contributed by atoms with E-state index in [-0.39, 0.29) is 36.8 Å². The Labute approximate surface area is 173 Å². The highest BCUT2D eigenvalue weighted by molar-refractivity contribution is 8.00. The molecular formula is C22H22N2O4S. The zero-order valence-corrected chi connectivity index (χ0v) is 17.0. The van der Waals surface area contributed by atoms with Gasteiger partial charge in [0.05, 0.1) is 11.4 Å². The number of benzene rings is 2. The number of esters is 1. The fourth-order valence-electron chi connectivity index (χ4n) is 3.78. The van der Waals surface area contributed by atoms with Crippen molar-refractivity contribution in [3.63, 3.8) is 0 Å². The Morgan fingerprint density at radius 3 is 2.66 bits per heavy atom. The van der Waals surface area contributed by atoms with Gasteiger partial charge in [-0.05, 0) is 43.5 Å². The molecule has 2 heterocycles. The van der Waals surface area contributed by atoms with Crippen LogP contribution in [0.25, 0.3) is 0 Å². The van der Waals surface area contributed by atoms with E-state index in [4.69, 9.17) is 4.74 Å². The van der Waals surface area contributed by atoms with Gasteiger partial charge in [0.2, 0.25) is 5.91 Å². The number of aryl methyl sites for hydroxylation is 1. The average molecular weight is 410 g/mol. The van der Waals surface area contributed by atoms with Crippen LogP contribution in [0, 0.1) is 0 Å². The summed E-state index contributed by atoms with van der Waals surface area (Å²) in [5.74, 6) is -0.702. The number of carbonyl (C=O) groups excluding carboxylic acids is 3. The van der Waals surface area contributed by atoms with Gasteiger partial charge in [-0.25, -0.2) is 0 Å². The Morgan fingerprint density at radius 1 is 1.10 bits per heavy atom. The molecule has 1 atom stereocenters. The SMILES string of the molecule is CC1CCc2ccccc2N1C(=O)COC(=O)CN1C(=O)CSc2ccccc21. The molecule has 2 aromatic rings. The van der Waals surface area contributed by atoms with Gasteiger partial charge in [-0.1, -0.05) is 30.3 Å². The number of carbonyl (C=O) groups is 3. The van der Waals surface area contributed by atoms with Crippen molar-refractivity contribution in [1.82, 2.24) is 0 Å². The van der Waals surface area contributed by atoms with Crippen LogP contribution in [0.1, 0.15) is 18.9 Å². The van der Waals surface area contributed by atoms with E-state index >= 15 is 0 Å². The second-order valence-corrected chi connectivity index (χ2v) is 8.19. The highest BCUT2D eigenvalue weighted by atomic mass is 32.2. The van der Waals surface area contributed by atoms with Crippen molar-refractivity contribution in [2.75, 3.05) is 28.7 Å². The number of para-hydroxylation sites is 2. The van der Waals surface area contributed by atoms with Gasteiger partial charge in [0.25, 0.3) is 5.91 Å². The fourth-order valence-corrected chi connectivity index (χ4v) is 4.72. The fraction of sp³-hybridized carbons (Fsp3) is 0.318. The van der Waals surface area contributed by atoms with Gasteiger partial charge in [-0.3, -0.25) is 19.3 Å². The molecule has 2 amide bonds.